The first-order chi connectivity index (χ1) is 13.5. The van der Waals surface area contributed by atoms with E-state index < -0.39 is 18.0 Å². The van der Waals surface area contributed by atoms with Gasteiger partial charge in [0, 0.05) is 18.4 Å². The van der Waals surface area contributed by atoms with E-state index in [4.69, 9.17) is 18.9 Å². The van der Waals surface area contributed by atoms with Crippen LogP contribution in [0.4, 0.5) is 0 Å². The molecule has 0 aromatic heterocycles. The molecule has 1 unspecified atom stereocenters. The van der Waals surface area contributed by atoms with Gasteiger partial charge in [-0.15, -0.1) is 0 Å². The number of benzene rings is 2. The van der Waals surface area contributed by atoms with Gasteiger partial charge in [0.05, 0.1) is 33.0 Å². The van der Waals surface area contributed by atoms with Crippen LogP contribution < -0.4 is 9.47 Å². The summed E-state index contributed by atoms with van der Waals surface area (Å²) in [4.78, 5) is 0. The van der Waals surface area contributed by atoms with Crippen molar-refractivity contribution in [3.05, 3.63) is 58.7 Å². The summed E-state index contributed by atoms with van der Waals surface area (Å²) in [6.07, 6.45) is -1.26. The fraction of sp³-hybridized carbons (Fsp3) is 0.455. The lowest BCUT2D eigenvalue weighted by Gasteiger charge is -2.43. The minimum atomic E-state index is -1.34. The smallest absolute Gasteiger partial charge is 0.225 e. The van der Waals surface area contributed by atoms with E-state index in [-0.39, 0.29) is 6.10 Å². The molecule has 6 nitrogen and oxygen atoms in total. The highest BCUT2D eigenvalue weighted by Crippen LogP contribution is 2.47. The molecule has 2 aromatic carbocycles. The van der Waals surface area contributed by atoms with E-state index in [1.165, 1.54) is 0 Å². The third-order valence-electron chi connectivity index (χ3n) is 5.58. The maximum absolute atomic E-state index is 10.7. The Bertz CT molecular complexity index is 849. The van der Waals surface area contributed by atoms with Crippen LogP contribution in [0, 0.1) is 0 Å². The fourth-order valence-corrected chi connectivity index (χ4v) is 4.15. The van der Waals surface area contributed by atoms with Gasteiger partial charge in [-0.25, -0.2) is 0 Å². The summed E-state index contributed by atoms with van der Waals surface area (Å²) in [5, 5.41) is 21.0. The van der Waals surface area contributed by atoms with Gasteiger partial charge in [-0.3, -0.25) is 0 Å². The van der Waals surface area contributed by atoms with Crippen LogP contribution in [0.5, 0.6) is 11.5 Å². The average molecular weight is 386 g/mol. The molecule has 2 aliphatic rings. The van der Waals surface area contributed by atoms with Gasteiger partial charge in [0.15, 0.2) is 0 Å². The monoisotopic (exact) mass is 386 g/mol. The molecular weight excluding hydrogens is 360 g/mol. The summed E-state index contributed by atoms with van der Waals surface area (Å²) in [5.74, 6) is 0.223. The molecule has 0 radical (unpaired) electrons. The Hall–Kier alpha value is -2.12. The quantitative estimate of drug-likeness (QED) is 0.841. The van der Waals surface area contributed by atoms with Gasteiger partial charge in [0.1, 0.15) is 17.6 Å². The standard InChI is InChI=1S/C22H26O6/c1-13-8-19(23)21(24)22(28-13)18-10-15(20(26-3)11-16(18)12-27-22)9-14-4-6-17(25-2)7-5-14/h4-7,10-11,13,19,21,23-24H,8-9,12H2,1-3H3/t13-,19+,21?,22+/m1/s1. The summed E-state index contributed by atoms with van der Waals surface area (Å²) >= 11 is 0. The van der Waals surface area contributed by atoms with Crippen molar-refractivity contribution in [2.45, 2.75) is 50.5 Å². The second kappa shape index (κ2) is 7.37. The molecule has 150 valence electrons. The third kappa shape index (κ3) is 3.16. The molecule has 1 fully saturated rings. The zero-order valence-corrected chi connectivity index (χ0v) is 16.3. The highest BCUT2D eigenvalue weighted by atomic mass is 16.7. The molecule has 6 heteroatoms. The number of methoxy groups -OCH3 is 2. The first-order valence-corrected chi connectivity index (χ1v) is 9.48. The molecule has 2 N–H and O–H groups in total. The predicted molar refractivity (Wildman–Crippen MR) is 102 cm³/mol. The number of fused-ring (bicyclic) bond motifs is 2. The van der Waals surface area contributed by atoms with Crippen LogP contribution in [0.1, 0.15) is 35.6 Å². The van der Waals surface area contributed by atoms with E-state index in [9.17, 15) is 10.2 Å². The van der Waals surface area contributed by atoms with E-state index in [0.717, 1.165) is 33.8 Å². The number of ether oxygens (including phenoxy) is 4. The lowest BCUT2D eigenvalue weighted by atomic mass is 9.87. The topological polar surface area (TPSA) is 77.4 Å². The molecule has 28 heavy (non-hydrogen) atoms. The van der Waals surface area contributed by atoms with E-state index >= 15 is 0 Å². The number of hydrogen-bond acceptors (Lipinski definition) is 6. The molecule has 2 aromatic rings. The highest BCUT2D eigenvalue weighted by molar-refractivity contribution is 5.48. The Labute approximate surface area is 164 Å². The Morgan fingerprint density at radius 1 is 1.11 bits per heavy atom. The van der Waals surface area contributed by atoms with Crippen molar-refractivity contribution in [3.63, 3.8) is 0 Å². The molecule has 0 saturated carbocycles. The summed E-state index contributed by atoms with van der Waals surface area (Å²) < 4.78 is 22.8. The molecular formula is C22H26O6. The molecule has 0 amide bonds. The largest absolute Gasteiger partial charge is 0.497 e. The molecule has 2 aliphatic heterocycles. The Morgan fingerprint density at radius 2 is 1.86 bits per heavy atom. The molecule has 4 atom stereocenters. The normalized spacial score (nSPS) is 29.0. The van der Waals surface area contributed by atoms with Crippen LogP contribution in [-0.4, -0.2) is 42.7 Å². The summed E-state index contributed by atoms with van der Waals surface area (Å²) in [6, 6.07) is 11.8. The molecule has 2 heterocycles. The molecule has 4 rings (SSSR count). The number of aliphatic hydroxyl groups excluding tert-OH is 2. The van der Waals surface area contributed by atoms with Crippen molar-refractivity contribution in [2.75, 3.05) is 14.2 Å². The zero-order chi connectivity index (χ0) is 19.9. The minimum absolute atomic E-state index is 0.225. The van der Waals surface area contributed by atoms with E-state index in [2.05, 4.69) is 0 Å². The zero-order valence-electron chi connectivity index (χ0n) is 16.3. The first kappa shape index (κ1) is 19.2. The lowest BCUT2D eigenvalue weighted by Crippen LogP contribution is -2.55. The lowest BCUT2D eigenvalue weighted by molar-refractivity contribution is -0.342. The Kier molecular flexibility index (Phi) is 5.05. The minimum Gasteiger partial charge on any atom is -0.497 e. The fourth-order valence-electron chi connectivity index (χ4n) is 4.15. The van der Waals surface area contributed by atoms with Crippen molar-refractivity contribution < 1.29 is 29.2 Å². The predicted octanol–water partition coefficient (Wildman–Crippen LogP) is 2.51. The van der Waals surface area contributed by atoms with Crippen molar-refractivity contribution >= 4 is 0 Å². The van der Waals surface area contributed by atoms with Crippen LogP contribution in [0.3, 0.4) is 0 Å². The van der Waals surface area contributed by atoms with Gasteiger partial charge in [-0.05, 0) is 47.9 Å². The van der Waals surface area contributed by atoms with Crippen LogP contribution >= 0.6 is 0 Å². The number of rotatable bonds is 4. The van der Waals surface area contributed by atoms with Gasteiger partial charge in [0.2, 0.25) is 5.79 Å². The van der Waals surface area contributed by atoms with Crippen molar-refractivity contribution in [3.8, 4) is 11.5 Å². The van der Waals surface area contributed by atoms with Crippen LogP contribution in [0.15, 0.2) is 36.4 Å². The second-order valence-corrected chi connectivity index (χ2v) is 7.48. The molecule has 0 bridgehead atoms. The molecule has 1 saturated heterocycles. The van der Waals surface area contributed by atoms with Crippen molar-refractivity contribution in [1.29, 1.82) is 0 Å². The van der Waals surface area contributed by atoms with Crippen molar-refractivity contribution in [2.24, 2.45) is 0 Å². The molecule has 0 aliphatic carbocycles. The number of aliphatic hydroxyl groups is 2. The second-order valence-electron chi connectivity index (χ2n) is 7.48. The van der Waals surface area contributed by atoms with Gasteiger partial charge in [-0.1, -0.05) is 12.1 Å². The summed E-state index contributed by atoms with van der Waals surface area (Å²) in [5.41, 5.74) is 3.72. The average Bonchev–Trinajstić information content (AvgIpc) is 3.04. The van der Waals surface area contributed by atoms with Crippen molar-refractivity contribution in [1.82, 2.24) is 0 Å². The summed E-state index contributed by atoms with van der Waals surface area (Å²) in [6.45, 7) is 2.17. The van der Waals surface area contributed by atoms with E-state index in [1.807, 2.05) is 43.3 Å². The van der Waals surface area contributed by atoms with Gasteiger partial charge >= 0.3 is 0 Å². The van der Waals surface area contributed by atoms with Crippen LogP contribution in [0.25, 0.3) is 0 Å². The summed E-state index contributed by atoms with van der Waals surface area (Å²) in [7, 11) is 3.28. The SMILES string of the molecule is COc1ccc(Cc2cc3c(cc2OC)CO[C@]32O[C@H](C)C[C@H](O)C2O)cc1. The van der Waals surface area contributed by atoms with Crippen LogP contribution in [-0.2, 0) is 28.3 Å². The highest BCUT2D eigenvalue weighted by Gasteiger charge is 2.54. The van der Waals surface area contributed by atoms with Crippen LogP contribution in [0.2, 0.25) is 0 Å². The Morgan fingerprint density at radius 3 is 2.54 bits per heavy atom. The van der Waals surface area contributed by atoms with Gasteiger partial charge in [-0.2, -0.15) is 0 Å². The number of hydrogen-bond donors (Lipinski definition) is 2. The maximum atomic E-state index is 10.7. The van der Waals surface area contributed by atoms with E-state index in [0.29, 0.717) is 19.4 Å². The van der Waals surface area contributed by atoms with Gasteiger partial charge < -0.3 is 29.2 Å². The van der Waals surface area contributed by atoms with Gasteiger partial charge in [0.25, 0.3) is 0 Å². The first-order valence-electron chi connectivity index (χ1n) is 9.48. The molecule has 1 spiro atoms. The maximum Gasteiger partial charge on any atom is 0.225 e. The third-order valence-corrected chi connectivity index (χ3v) is 5.58. The van der Waals surface area contributed by atoms with E-state index in [1.54, 1.807) is 14.2 Å². The Balaban J connectivity index is 1.73.